The number of nitrogens with zero attached hydrogens (tertiary/aromatic N) is 2. The molecule has 0 saturated heterocycles. The molecule has 0 bridgehead atoms. The highest BCUT2D eigenvalue weighted by Gasteiger charge is 2.03. The first-order valence-corrected chi connectivity index (χ1v) is 4.28. The maximum absolute atomic E-state index is 13.5. The number of rotatable bonds is 2. The Morgan fingerprint density at radius 3 is 2.73 bits per heavy atom. The lowest BCUT2D eigenvalue weighted by molar-refractivity contribution is 0.615. The van der Waals surface area contributed by atoms with Crippen LogP contribution in [-0.4, -0.2) is 9.55 Å². The van der Waals surface area contributed by atoms with Gasteiger partial charge in [-0.15, -0.1) is 12.4 Å². The predicted octanol–water partition coefficient (Wildman–Crippen LogP) is 1.89. The van der Waals surface area contributed by atoms with Gasteiger partial charge in [0.25, 0.3) is 0 Å². The molecule has 2 N–H and O–H groups in total. The summed E-state index contributed by atoms with van der Waals surface area (Å²) in [7, 11) is 0. The van der Waals surface area contributed by atoms with Crippen molar-refractivity contribution in [2.75, 3.05) is 0 Å². The van der Waals surface area contributed by atoms with Crippen molar-refractivity contribution >= 4 is 12.4 Å². The number of aromatic nitrogens is 2. The van der Waals surface area contributed by atoms with Crippen LogP contribution in [0.25, 0.3) is 5.69 Å². The number of benzene rings is 1. The lowest BCUT2D eigenvalue weighted by Crippen LogP contribution is -2.00. The molecule has 0 aliphatic heterocycles. The number of halogens is 2. The van der Waals surface area contributed by atoms with Gasteiger partial charge < -0.3 is 10.3 Å². The highest BCUT2D eigenvalue weighted by atomic mass is 35.5. The molecular weight excluding hydrogens is 217 g/mol. The van der Waals surface area contributed by atoms with Crippen LogP contribution in [0, 0.1) is 5.82 Å². The molecule has 0 amide bonds. The van der Waals surface area contributed by atoms with E-state index in [0.29, 0.717) is 12.2 Å². The van der Waals surface area contributed by atoms with Crippen LogP contribution in [0.5, 0.6) is 0 Å². The standard InChI is InChI=1S/C10H10FN3.ClH/c11-9-5-8(6-12)1-2-10(9)14-4-3-13-7-14;/h1-5,7H,6,12H2;1H. The Bertz CT molecular complexity index is 428. The third kappa shape index (κ3) is 2.34. The smallest absolute Gasteiger partial charge is 0.147 e. The second-order valence-electron chi connectivity index (χ2n) is 2.96. The molecule has 0 saturated carbocycles. The van der Waals surface area contributed by atoms with E-state index in [0.717, 1.165) is 5.56 Å². The normalized spacial score (nSPS) is 9.73. The second-order valence-corrected chi connectivity index (χ2v) is 2.96. The summed E-state index contributed by atoms with van der Waals surface area (Å²) in [5.74, 6) is -0.286. The molecule has 0 unspecified atom stereocenters. The van der Waals surface area contributed by atoms with Gasteiger partial charge in [-0.3, -0.25) is 0 Å². The molecule has 1 aromatic carbocycles. The zero-order valence-corrected chi connectivity index (χ0v) is 8.75. The van der Waals surface area contributed by atoms with Crippen molar-refractivity contribution in [2.24, 2.45) is 5.73 Å². The molecule has 5 heteroatoms. The molecule has 0 radical (unpaired) electrons. The first-order valence-electron chi connectivity index (χ1n) is 4.28. The minimum absolute atomic E-state index is 0. The highest BCUT2D eigenvalue weighted by Crippen LogP contribution is 2.14. The SMILES string of the molecule is Cl.NCc1ccc(-n2ccnc2)c(F)c1. The Kier molecular flexibility index (Phi) is 3.82. The van der Waals surface area contributed by atoms with Crippen LogP contribution >= 0.6 is 12.4 Å². The van der Waals surface area contributed by atoms with E-state index in [1.807, 2.05) is 0 Å². The fourth-order valence-corrected chi connectivity index (χ4v) is 1.29. The summed E-state index contributed by atoms with van der Waals surface area (Å²) in [6.07, 6.45) is 4.86. The first kappa shape index (κ1) is 11.7. The van der Waals surface area contributed by atoms with E-state index in [1.165, 1.54) is 6.07 Å². The van der Waals surface area contributed by atoms with Crippen molar-refractivity contribution in [3.05, 3.63) is 48.3 Å². The molecule has 2 aromatic rings. The van der Waals surface area contributed by atoms with Crippen molar-refractivity contribution in [1.29, 1.82) is 0 Å². The van der Waals surface area contributed by atoms with Crippen molar-refractivity contribution in [1.82, 2.24) is 9.55 Å². The quantitative estimate of drug-likeness (QED) is 0.852. The summed E-state index contributed by atoms with van der Waals surface area (Å²) in [4.78, 5) is 3.85. The van der Waals surface area contributed by atoms with E-state index in [4.69, 9.17) is 5.73 Å². The minimum atomic E-state index is -0.286. The van der Waals surface area contributed by atoms with E-state index >= 15 is 0 Å². The topological polar surface area (TPSA) is 43.8 Å². The molecule has 0 aliphatic rings. The molecule has 0 atom stereocenters. The van der Waals surface area contributed by atoms with E-state index in [-0.39, 0.29) is 18.2 Å². The predicted molar refractivity (Wildman–Crippen MR) is 58.7 cm³/mol. The van der Waals surface area contributed by atoms with Gasteiger partial charge in [-0.25, -0.2) is 9.37 Å². The van der Waals surface area contributed by atoms with E-state index in [2.05, 4.69) is 4.98 Å². The molecule has 80 valence electrons. The minimum Gasteiger partial charge on any atom is -0.326 e. The molecule has 15 heavy (non-hydrogen) atoms. The number of hydrogen-bond donors (Lipinski definition) is 1. The Hall–Kier alpha value is -1.39. The van der Waals surface area contributed by atoms with Crippen molar-refractivity contribution in [3.63, 3.8) is 0 Å². The van der Waals surface area contributed by atoms with Gasteiger partial charge in [0.2, 0.25) is 0 Å². The highest BCUT2D eigenvalue weighted by molar-refractivity contribution is 5.85. The summed E-state index contributed by atoms with van der Waals surface area (Å²) in [5.41, 5.74) is 6.67. The molecule has 1 aromatic heterocycles. The van der Waals surface area contributed by atoms with Gasteiger partial charge >= 0.3 is 0 Å². The van der Waals surface area contributed by atoms with Crippen LogP contribution in [0.15, 0.2) is 36.9 Å². The van der Waals surface area contributed by atoms with Crippen molar-refractivity contribution in [3.8, 4) is 5.69 Å². The Morgan fingerprint density at radius 2 is 2.20 bits per heavy atom. The summed E-state index contributed by atoms with van der Waals surface area (Å²) >= 11 is 0. The van der Waals surface area contributed by atoms with Gasteiger partial charge in [0.05, 0.1) is 12.0 Å². The van der Waals surface area contributed by atoms with Crippen LogP contribution in [0.3, 0.4) is 0 Å². The van der Waals surface area contributed by atoms with E-state index in [1.54, 1.807) is 35.4 Å². The Labute approximate surface area is 93.2 Å². The molecular formula is C10H11ClFN3. The lowest BCUT2D eigenvalue weighted by Gasteiger charge is -2.04. The molecule has 0 aliphatic carbocycles. The van der Waals surface area contributed by atoms with Gasteiger partial charge in [-0.1, -0.05) is 6.07 Å². The zero-order chi connectivity index (χ0) is 9.97. The summed E-state index contributed by atoms with van der Waals surface area (Å²) < 4.78 is 15.1. The van der Waals surface area contributed by atoms with Gasteiger partial charge in [0, 0.05) is 18.9 Å². The van der Waals surface area contributed by atoms with Crippen LogP contribution in [0.2, 0.25) is 0 Å². The first-order chi connectivity index (χ1) is 6.81. The summed E-state index contributed by atoms with van der Waals surface area (Å²) in [6.45, 7) is 0.348. The average molecular weight is 228 g/mol. The van der Waals surface area contributed by atoms with E-state index in [9.17, 15) is 4.39 Å². The second kappa shape index (κ2) is 4.91. The van der Waals surface area contributed by atoms with Crippen molar-refractivity contribution in [2.45, 2.75) is 6.54 Å². The zero-order valence-electron chi connectivity index (χ0n) is 7.93. The van der Waals surface area contributed by atoms with E-state index < -0.39 is 0 Å². The maximum atomic E-state index is 13.5. The van der Waals surface area contributed by atoms with Crippen LogP contribution < -0.4 is 5.73 Å². The Morgan fingerprint density at radius 1 is 1.40 bits per heavy atom. The monoisotopic (exact) mass is 227 g/mol. The average Bonchev–Trinajstić information content (AvgIpc) is 2.70. The third-order valence-corrected chi connectivity index (χ3v) is 2.03. The van der Waals surface area contributed by atoms with Gasteiger partial charge in [-0.05, 0) is 17.7 Å². The summed E-state index contributed by atoms with van der Waals surface area (Å²) in [5, 5.41) is 0. The largest absolute Gasteiger partial charge is 0.326 e. The molecule has 3 nitrogen and oxygen atoms in total. The fraction of sp³-hybridized carbons (Fsp3) is 0.100. The fourth-order valence-electron chi connectivity index (χ4n) is 1.29. The maximum Gasteiger partial charge on any atom is 0.147 e. The lowest BCUT2D eigenvalue weighted by atomic mass is 10.2. The van der Waals surface area contributed by atoms with Crippen molar-refractivity contribution < 1.29 is 4.39 Å². The van der Waals surface area contributed by atoms with Crippen LogP contribution in [-0.2, 0) is 6.54 Å². The van der Waals surface area contributed by atoms with Gasteiger partial charge in [-0.2, -0.15) is 0 Å². The molecule has 0 spiro atoms. The van der Waals surface area contributed by atoms with Gasteiger partial charge in [0.1, 0.15) is 5.82 Å². The van der Waals surface area contributed by atoms with Gasteiger partial charge in [0.15, 0.2) is 0 Å². The third-order valence-electron chi connectivity index (χ3n) is 2.03. The Balaban J connectivity index is 0.00000112. The molecule has 2 rings (SSSR count). The summed E-state index contributed by atoms with van der Waals surface area (Å²) in [6, 6.07) is 4.94. The number of nitrogens with two attached hydrogens (primary N) is 1. The molecule has 1 heterocycles. The van der Waals surface area contributed by atoms with Crippen LogP contribution in [0.1, 0.15) is 5.56 Å². The van der Waals surface area contributed by atoms with Crippen LogP contribution in [0.4, 0.5) is 4.39 Å². The molecule has 0 fully saturated rings. The number of hydrogen-bond acceptors (Lipinski definition) is 2. The number of imidazole rings is 1.